The first-order chi connectivity index (χ1) is 12.8. The van der Waals surface area contributed by atoms with E-state index in [9.17, 15) is 15.0 Å². The molecule has 1 aliphatic rings. The second kappa shape index (κ2) is 7.72. The molecule has 2 aromatic rings. The molecule has 1 saturated heterocycles. The average molecular weight is 380 g/mol. The molecular formula is C16H24N6O5. The predicted octanol–water partition coefficient (Wildman–Crippen LogP) is -0.754. The second-order valence-electron chi connectivity index (χ2n) is 6.99. The molecule has 7 N–H and O–H groups in total. The minimum absolute atomic E-state index is 0.0542. The van der Waals surface area contributed by atoms with Gasteiger partial charge in [0.25, 0.3) is 0 Å². The normalized spacial score (nSPS) is 27.7. The first-order valence-corrected chi connectivity index (χ1v) is 8.72. The molecule has 27 heavy (non-hydrogen) atoms. The highest BCUT2D eigenvalue weighted by Crippen LogP contribution is 2.35. The lowest BCUT2D eigenvalue weighted by atomic mass is 9.93. The lowest BCUT2D eigenvalue weighted by molar-refractivity contribution is -0.138. The summed E-state index contributed by atoms with van der Waals surface area (Å²) in [5, 5.41) is 29.7. The van der Waals surface area contributed by atoms with E-state index in [0.29, 0.717) is 30.4 Å². The maximum absolute atomic E-state index is 10.8. The van der Waals surface area contributed by atoms with Crippen molar-refractivity contribution < 1.29 is 24.9 Å². The molecular weight excluding hydrogens is 356 g/mol. The molecule has 148 valence electrons. The van der Waals surface area contributed by atoms with Crippen molar-refractivity contribution in [1.82, 2.24) is 19.5 Å². The van der Waals surface area contributed by atoms with Crippen molar-refractivity contribution in [2.24, 2.45) is 11.7 Å². The number of aliphatic hydroxyl groups excluding tert-OH is 2. The topological polar surface area (TPSA) is 183 Å². The van der Waals surface area contributed by atoms with Crippen molar-refractivity contribution in [3.63, 3.8) is 0 Å². The van der Waals surface area contributed by atoms with Gasteiger partial charge in [0.1, 0.15) is 30.1 Å². The summed E-state index contributed by atoms with van der Waals surface area (Å²) in [4.78, 5) is 22.9. The van der Waals surface area contributed by atoms with Crippen LogP contribution in [-0.4, -0.2) is 65.2 Å². The molecule has 0 spiro atoms. The van der Waals surface area contributed by atoms with Gasteiger partial charge in [0.15, 0.2) is 17.7 Å². The zero-order chi connectivity index (χ0) is 19.7. The summed E-state index contributed by atoms with van der Waals surface area (Å²) in [5.41, 5.74) is 12.1. The Morgan fingerprint density at radius 2 is 2.04 bits per heavy atom. The van der Waals surface area contributed by atoms with Crippen LogP contribution in [0.2, 0.25) is 0 Å². The molecule has 0 bridgehead atoms. The number of carbonyl (C=O) groups is 1. The van der Waals surface area contributed by atoms with Gasteiger partial charge in [0, 0.05) is 0 Å². The van der Waals surface area contributed by atoms with Crippen LogP contribution < -0.4 is 11.5 Å². The number of carboxylic acid groups (broad SMARTS) is 1. The van der Waals surface area contributed by atoms with Crippen molar-refractivity contribution in [3.05, 3.63) is 12.7 Å². The van der Waals surface area contributed by atoms with Crippen LogP contribution in [-0.2, 0) is 9.53 Å². The van der Waals surface area contributed by atoms with Gasteiger partial charge in [-0.05, 0) is 25.2 Å². The van der Waals surface area contributed by atoms with Gasteiger partial charge in [-0.3, -0.25) is 9.36 Å². The number of anilines is 1. The van der Waals surface area contributed by atoms with Crippen LogP contribution in [0.5, 0.6) is 0 Å². The number of aromatic nitrogens is 4. The summed E-state index contributed by atoms with van der Waals surface area (Å²) < 4.78 is 7.40. The van der Waals surface area contributed by atoms with Crippen LogP contribution in [0.1, 0.15) is 32.4 Å². The summed E-state index contributed by atoms with van der Waals surface area (Å²) in [5.74, 6) is -0.770. The van der Waals surface area contributed by atoms with Gasteiger partial charge >= 0.3 is 5.97 Å². The molecule has 6 atom stereocenters. The number of nitrogen functional groups attached to an aromatic ring is 1. The second-order valence-corrected chi connectivity index (χ2v) is 6.99. The Labute approximate surface area is 155 Å². The minimum atomic E-state index is -1.17. The molecule has 1 aliphatic heterocycles. The van der Waals surface area contributed by atoms with E-state index in [1.807, 2.05) is 6.92 Å². The zero-order valence-corrected chi connectivity index (χ0v) is 14.8. The molecule has 3 rings (SSSR count). The SMILES string of the molecule is C[C@@H](CC[C@H](N)C(=O)O)C[C@H]1O[C@@H](n2cnc3c(N)ncnc32)[C@H](O)[C@@H]1O. The average Bonchev–Trinajstić information content (AvgIpc) is 3.17. The van der Waals surface area contributed by atoms with E-state index >= 15 is 0 Å². The third kappa shape index (κ3) is 3.86. The molecule has 0 saturated carbocycles. The molecule has 1 fully saturated rings. The van der Waals surface area contributed by atoms with Gasteiger partial charge in [0.2, 0.25) is 0 Å². The Morgan fingerprint density at radius 1 is 1.30 bits per heavy atom. The number of nitrogens with zero attached hydrogens (tertiary/aromatic N) is 4. The van der Waals surface area contributed by atoms with Gasteiger partial charge in [0.05, 0.1) is 12.4 Å². The highest BCUT2D eigenvalue weighted by Gasteiger charge is 2.44. The Balaban J connectivity index is 1.68. The van der Waals surface area contributed by atoms with Crippen LogP contribution in [0.25, 0.3) is 11.2 Å². The van der Waals surface area contributed by atoms with Crippen LogP contribution in [0.4, 0.5) is 5.82 Å². The molecule has 3 heterocycles. The van der Waals surface area contributed by atoms with E-state index in [4.69, 9.17) is 21.3 Å². The molecule has 0 amide bonds. The summed E-state index contributed by atoms with van der Waals surface area (Å²) in [6.07, 6.45) is 0.332. The maximum Gasteiger partial charge on any atom is 0.320 e. The molecule has 0 radical (unpaired) electrons. The van der Waals surface area contributed by atoms with E-state index in [1.54, 1.807) is 0 Å². The monoisotopic (exact) mass is 380 g/mol. The van der Waals surface area contributed by atoms with Crippen molar-refractivity contribution >= 4 is 23.0 Å². The number of ether oxygens (including phenoxy) is 1. The van der Waals surface area contributed by atoms with Crippen molar-refractivity contribution in [2.45, 2.75) is 56.8 Å². The molecule has 2 aromatic heterocycles. The highest BCUT2D eigenvalue weighted by molar-refractivity contribution is 5.81. The summed E-state index contributed by atoms with van der Waals surface area (Å²) >= 11 is 0. The third-order valence-electron chi connectivity index (χ3n) is 4.92. The zero-order valence-electron chi connectivity index (χ0n) is 14.8. The van der Waals surface area contributed by atoms with Gasteiger partial charge < -0.3 is 31.5 Å². The van der Waals surface area contributed by atoms with E-state index in [1.165, 1.54) is 17.2 Å². The molecule has 11 heteroatoms. The first kappa shape index (κ1) is 19.4. The number of carboxylic acids is 1. The van der Waals surface area contributed by atoms with Crippen LogP contribution in [0.3, 0.4) is 0 Å². The number of imidazole rings is 1. The number of fused-ring (bicyclic) bond motifs is 1. The first-order valence-electron chi connectivity index (χ1n) is 8.72. The Kier molecular flexibility index (Phi) is 5.56. The molecule has 0 unspecified atom stereocenters. The standard InChI is InChI=1S/C16H24N6O5/c1-7(2-3-8(17)16(25)26)4-9-11(23)12(24)15(27-9)22-6-21-10-13(18)19-5-20-14(10)22/h5-9,11-12,15,23-24H,2-4,17H2,1H3,(H,25,26)(H2,18,19,20)/t7-,8-,9+,11+,12+,15+/m0/s1. The summed E-state index contributed by atoms with van der Waals surface area (Å²) in [6.45, 7) is 1.92. The maximum atomic E-state index is 10.8. The van der Waals surface area contributed by atoms with Crippen LogP contribution in [0, 0.1) is 5.92 Å². The van der Waals surface area contributed by atoms with Crippen LogP contribution >= 0.6 is 0 Å². The fraction of sp³-hybridized carbons (Fsp3) is 0.625. The number of hydrogen-bond acceptors (Lipinski definition) is 9. The smallest absolute Gasteiger partial charge is 0.320 e. The largest absolute Gasteiger partial charge is 0.480 e. The number of nitrogens with two attached hydrogens (primary N) is 2. The quantitative estimate of drug-likeness (QED) is 0.409. The lowest BCUT2D eigenvalue weighted by Gasteiger charge is -2.20. The van der Waals surface area contributed by atoms with E-state index < -0.39 is 36.6 Å². The number of rotatable bonds is 7. The van der Waals surface area contributed by atoms with Crippen molar-refractivity contribution in [3.8, 4) is 0 Å². The number of aliphatic hydroxyl groups is 2. The van der Waals surface area contributed by atoms with Crippen molar-refractivity contribution in [2.75, 3.05) is 5.73 Å². The van der Waals surface area contributed by atoms with Crippen LogP contribution in [0.15, 0.2) is 12.7 Å². The van der Waals surface area contributed by atoms with E-state index in [-0.39, 0.29) is 11.7 Å². The minimum Gasteiger partial charge on any atom is -0.480 e. The third-order valence-corrected chi connectivity index (χ3v) is 4.92. The number of aliphatic carboxylic acids is 1. The Hall–Kier alpha value is -2.34. The van der Waals surface area contributed by atoms with Gasteiger partial charge in [-0.2, -0.15) is 0 Å². The van der Waals surface area contributed by atoms with Gasteiger partial charge in [-0.1, -0.05) is 6.92 Å². The molecule has 0 aromatic carbocycles. The fourth-order valence-electron chi connectivity index (χ4n) is 3.31. The van der Waals surface area contributed by atoms with E-state index in [0.717, 1.165) is 0 Å². The predicted molar refractivity (Wildman–Crippen MR) is 94.3 cm³/mol. The number of hydrogen-bond donors (Lipinski definition) is 5. The van der Waals surface area contributed by atoms with Gasteiger partial charge in [-0.15, -0.1) is 0 Å². The fourth-order valence-corrected chi connectivity index (χ4v) is 3.31. The molecule has 11 nitrogen and oxygen atoms in total. The Bertz CT molecular complexity index is 814. The molecule has 0 aliphatic carbocycles. The highest BCUT2D eigenvalue weighted by atomic mass is 16.6. The Morgan fingerprint density at radius 3 is 2.74 bits per heavy atom. The lowest BCUT2D eigenvalue weighted by Crippen LogP contribution is -2.33. The summed E-state index contributed by atoms with van der Waals surface area (Å²) in [7, 11) is 0. The van der Waals surface area contributed by atoms with Gasteiger partial charge in [-0.25, -0.2) is 15.0 Å². The van der Waals surface area contributed by atoms with Crippen molar-refractivity contribution in [1.29, 1.82) is 0 Å². The van der Waals surface area contributed by atoms with E-state index in [2.05, 4.69) is 15.0 Å². The summed E-state index contributed by atoms with van der Waals surface area (Å²) in [6, 6.07) is -0.914.